The quantitative estimate of drug-likeness (QED) is 0.285. The van der Waals surface area contributed by atoms with Gasteiger partial charge < -0.3 is 15.0 Å². The van der Waals surface area contributed by atoms with Crippen molar-refractivity contribution < 1.29 is 17.9 Å². The summed E-state index contributed by atoms with van der Waals surface area (Å²) < 4.78 is 43.8. The van der Waals surface area contributed by atoms with Crippen molar-refractivity contribution in [2.75, 3.05) is 33.9 Å². The topological polar surface area (TPSA) is 36.9 Å². The molecule has 1 aromatic rings. The van der Waals surface area contributed by atoms with E-state index in [-0.39, 0.29) is 30.5 Å². The van der Waals surface area contributed by atoms with E-state index in [9.17, 15) is 13.2 Å². The second kappa shape index (κ2) is 10.2. The number of nitrogens with one attached hydrogen (secondary N) is 1. The Morgan fingerprint density at radius 2 is 2.08 bits per heavy atom. The minimum Gasteiger partial charge on any atom is -0.379 e. The van der Waals surface area contributed by atoms with Crippen molar-refractivity contribution in [1.29, 1.82) is 0 Å². The molecule has 0 heterocycles. The van der Waals surface area contributed by atoms with E-state index < -0.39 is 11.7 Å². The molecule has 4 nitrogen and oxygen atoms in total. The third-order valence-corrected chi connectivity index (χ3v) is 3.90. The summed E-state index contributed by atoms with van der Waals surface area (Å²) in [5, 5.41) is 3.08. The molecule has 0 aromatic heterocycles. The summed E-state index contributed by atoms with van der Waals surface area (Å²) in [6, 6.07) is 5.30. The molecule has 0 amide bonds. The Hall–Kier alpha value is -1.03. The molecule has 1 saturated carbocycles. The predicted molar refractivity (Wildman–Crippen MR) is 103 cm³/mol. The fraction of sp³-hybridized carbons (Fsp3) is 0.588. The van der Waals surface area contributed by atoms with Gasteiger partial charge in [-0.15, -0.1) is 24.0 Å². The number of halogens is 4. The van der Waals surface area contributed by atoms with Crippen LogP contribution in [0.1, 0.15) is 24.0 Å². The lowest BCUT2D eigenvalue weighted by Gasteiger charge is -2.22. The molecular formula is C17H25F3IN3O. The number of hydrogen-bond donors (Lipinski definition) is 1. The first kappa shape index (κ1) is 22.0. The van der Waals surface area contributed by atoms with Crippen molar-refractivity contribution in [2.24, 2.45) is 10.9 Å². The number of alkyl halides is 3. The second-order valence-electron chi connectivity index (χ2n) is 6.04. The van der Waals surface area contributed by atoms with Gasteiger partial charge in [-0.25, -0.2) is 0 Å². The summed E-state index contributed by atoms with van der Waals surface area (Å²) in [6.45, 7) is 2.38. The number of nitrogens with zero attached hydrogens (tertiary/aromatic N) is 2. The molecule has 0 aliphatic heterocycles. The van der Waals surface area contributed by atoms with E-state index in [2.05, 4.69) is 10.3 Å². The first-order valence-electron chi connectivity index (χ1n) is 8.06. The van der Waals surface area contributed by atoms with Crippen LogP contribution in [0.4, 0.5) is 13.2 Å². The number of ether oxygens (including phenoxy) is 1. The molecule has 0 atom stereocenters. The van der Waals surface area contributed by atoms with E-state index in [4.69, 9.17) is 4.74 Å². The van der Waals surface area contributed by atoms with Crippen molar-refractivity contribution in [2.45, 2.75) is 25.6 Å². The molecular weight excluding hydrogens is 446 g/mol. The lowest BCUT2D eigenvalue weighted by atomic mass is 10.1. The molecule has 1 aliphatic rings. The SMILES string of the molecule is CN=C(NCc1cccc(C(F)(F)F)c1)N(C)CCOCC1CC1.I. The Morgan fingerprint density at radius 1 is 1.36 bits per heavy atom. The van der Waals surface area contributed by atoms with Crippen LogP contribution >= 0.6 is 24.0 Å². The third-order valence-electron chi connectivity index (χ3n) is 3.90. The van der Waals surface area contributed by atoms with Crippen LogP contribution in [0, 0.1) is 5.92 Å². The van der Waals surface area contributed by atoms with Gasteiger partial charge in [0, 0.05) is 33.8 Å². The Labute approximate surface area is 163 Å². The van der Waals surface area contributed by atoms with E-state index >= 15 is 0 Å². The smallest absolute Gasteiger partial charge is 0.379 e. The van der Waals surface area contributed by atoms with Gasteiger partial charge in [-0.05, 0) is 36.5 Å². The molecule has 0 radical (unpaired) electrons. The van der Waals surface area contributed by atoms with Gasteiger partial charge >= 0.3 is 6.18 Å². The minimum absolute atomic E-state index is 0. The van der Waals surface area contributed by atoms with Crippen LogP contribution in [0.25, 0.3) is 0 Å². The number of guanidine groups is 1. The highest BCUT2D eigenvalue weighted by Crippen LogP contribution is 2.29. The molecule has 0 saturated heterocycles. The zero-order valence-electron chi connectivity index (χ0n) is 14.5. The average Bonchev–Trinajstić information content (AvgIpc) is 3.36. The lowest BCUT2D eigenvalue weighted by molar-refractivity contribution is -0.137. The van der Waals surface area contributed by atoms with Crippen LogP contribution in [0.15, 0.2) is 29.3 Å². The number of likely N-dealkylation sites (N-methyl/N-ethyl adjacent to an activating group) is 1. The van der Waals surface area contributed by atoms with Crippen LogP contribution in [-0.4, -0.2) is 44.7 Å². The summed E-state index contributed by atoms with van der Waals surface area (Å²) in [4.78, 5) is 6.06. The summed E-state index contributed by atoms with van der Waals surface area (Å²) in [6.07, 6.45) is -1.81. The van der Waals surface area contributed by atoms with E-state index in [1.165, 1.54) is 18.9 Å². The predicted octanol–water partition coefficient (Wildman–Crippen LogP) is 3.76. The standard InChI is InChI=1S/C17H24F3N3O.HI/c1-21-16(23(2)8-9-24-12-13-6-7-13)22-11-14-4-3-5-15(10-14)17(18,19)20;/h3-5,10,13H,6-9,11-12H2,1-2H3,(H,21,22);1H. The van der Waals surface area contributed by atoms with E-state index in [1.54, 1.807) is 13.1 Å². The molecule has 1 N–H and O–H groups in total. The fourth-order valence-corrected chi connectivity index (χ4v) is 2.27. The van der Waals surface area contributed by atoms with E-state index in [0.29, 0.717) is 24.7 Å². The van der Waals surface area contributed by atoms with E-state index in [1.807, 2.05) is 11.9 Å². The maximum absolute atomic E-state index is 12.7. The average molecular weight is 471 g/mol. The van der Waals surface area contributed by atoms with Crippen LogP contribution in [-0.2, 0) is 17.5 Å². The molecule has 1 aromatic carbocycles. The summed E-state index contributed by atoms with van der Waals surface area (Å²) in [5.74, 6) is 1.36. The van der Waals surface area contributed by atoms with Gasteiger partial charge in [-0.3, -0.25) is 4.99 Å². The van der Waals surface area contributed by atoms with Gasteiger partial charge in [-0.1, -0.05) is 12.1 Å². The molecule has 25 heavy (non-hydrogen) atoms. The maximum Gasteiger partial charge on any atom is 0.416 e. The van der Waals surface area contributed by atoms with E-state index in [0.717, 1.165) is 24.7 Å². The van der Waals surface area contributed by atoms with Crippen LogP contribution in [0.5, 0.6) is 0 Å². The van der Waals surface area contributed by atoms with Crippen molar-refractivity contribution in [3.8, 4) is 0 Å². The molecule has 142 valence electrons. The van der Waals surface area contributed by atoms with Crippen molar-refractivity contribution in [1.82, 2.24) is 10.2 Å². The number of benzene rings is 1. The van der Waals surface area contributed by atoms with Gasteiger partial charge in [0.2, 0.25) is 0 Å². The van der Waals surface area contributed by atoms with Gasteiger partial charge in [0.1, 0.15) is 0 Å². The Kier molecular flexibility index (Phi) is 8.98. The number of hydrogen-bond acceptors (Lipinski definition) is 2. The van der Waals surface area contributed by atoms with Gasteiger partial charge in [0.25, 0.3) is 0 Å². The third kappa shape index (κ3) is 7.81. The molecule has 0 spiro atoms. The van der Waals surface area contributed by atoms with Crippen LogP contribution < -0.4 is 5.32 Å². The molecule has 0 bridgehead atoms. The normalized spacial score (nSPS) is 14.8. The van der Waals surface area contributed by atoms with Crippen molar-refractivity contribution in [3.05, 3.63) is 35.4 Å². The Bertz CT molecular complexity index is 562. The fourth-order valence-electron chi connectivity index (χ4n) is 2.27. The largest absolute Gasteiger partial charge is 0.416 e. The maximum atomic E-state index is 12.7. The molecule has 0 unspecified atom stereocenters. The minimum atomic E-state index is -4.33. The van der Waals surface area contributed by atoms with Crippen molar-refractivity contribution >= 4 is 29.9 Å². The molecule has 2 rings (SSSR count). The lowest BCUT2D eigenvalue weighted by Crippen LogP contribution is -2.40. The zero-order chi connectivity index (χ0) is 17.6. The summed E-state index contributed by atoms with van der Waals surface area (Å²) in [5.41, 5.74) is -0.0806. The zero-order valence-corrected chi connectivity index (χ0v) is 16.8. The first-order chi connectivity index (χ1) is 11.4. The highest BCUT2D eigenvalue weighted by Gasteiger charge is 2.30. The summed E-state index contributed by atoms with van der Waals surface area (Å²) >= 11 is 0. The monoisotopic (exact) mass is 471 g/mol. The second-order valence-corrected chi connectivity index (χ2v) is 6.04. The highest BCUT2D eigenvalue weighted by atomic mass is 127. The van der Waals surface area contributed by atoms with Crippen molar-refractivity contribution in [3.63, 3.8) is 0 Å². The number of aliphatic imine (C=N–C) groups is 1. The van der Waals surface area contributed by atoms with Gasteiger partial charge in [0.15, 0.2) is 5.96 Å². The molecule has 8 heteroatoms. The molecule has 1 aliphatic carbocycles. The van der Waals surface area contributed by atoms with Gasteiger partial charge in [-0.2, -0.15) is 13.2 Å². The highest BCUT2D eigenvalue weighted by molar-refractivity contribution is 14.0. The first-order valence-corrected chi connectivity index (χ1v) is 8.06. The van der Waals surface area contributed by atoms with Crippen LogP contribution in [0.2, 0.25) is 0 Å². The van der Waals surface area contributed by atoms with Crippen LogP contribution in [0.3, 0.4) is 0 Å². The van der Waals surface area contributed by atoms with Gasteiger partial charge in [0.05, 0.1) is 12.2 Å². The Balaban J connectivity index is 0.00000312. The molecule has 1 fully saturated rings. The number of rotatable bonds is 7. The summed E-state index contributed by atoms with van der Waals surface area (Å²) in [7, 11) is 3.53. The Morgan fingerprint density at radius 3 is 2.68 bits per heavy atom.